The van der Waals surface area contributed by atoms with Crippen LogP contribution in [0, 0.1) is 0 Å². The summed E-state index contributed by atoms with van der Waals surface area (Å²) >= 11 is 5.63. The van der Waals surface area contributed by atoms with Gasteiger partial charge in [0.25, 0.3) is 11.5 Å². The first-order valence-electron chi connectivity index (χ1n) is 4.50. The highest BCUT2D eigenvalue weighted by molar-refractivity contribution is 6.29. The summed E-state index contributed by atoms with van der Waals surface area (Å²) in [6.45, 7) is 0. The summed E-state index contributed by atoms with van der Waals surface area (Å²) in [6.07, 6.45) is 1.22. The fourth-order valence-electron chi connectivity index (χ4n) is 1.05. The Morgan fingerprint density at radius 2 is 2.18 bits per heavy atom. The Balaban J connectivity index is 2.17. The topological polar surface area (TPSA) is 101 Å². The summed E-state index contributed by atoms with van der Waals surface area (Å²) in [6, 6.07) is 3.90. The van der Waals surface area contributed by atoms with Gasteiger partial charge >= 0.3 is 0 Å². The molecule has 17 heavy (non-hydrogen) atoms. The van der Waals surface area contributed by atoms with Gasteiger partial charge < -0.3 is 5.32 Å². The highest BCUT2D eigenvalue weighted by Crippen LogP contribution is 2.09. The molecule has 2 aromatic heterocycles. The van der Waals surface area contributed by atoms with E-state index in [2.05, 4.69) is 25.5 Å². The molecule has 86 valence electrons. The molecule has 0 saturated heterocycles. The van der Waals surface area contributed by atoms with Crippen molar-refractivity contribution in [2.24, 2.45) is 0 Å². The third kappa shape index (κ3) is 2.85. The van der Waals surface area contributed by atoms with Gasteiger partial charge in [-0.25, -0.2) is 15.1 Å². The van der Waals surface area contributed by atoms with Gasteiger partial charge in [-0.05, 0) is 6.07 Å². The van der Waals surface area contributed by atoms with Gasteiger partial charge in [0.1, 0.15) is 23.0 Å². The van der Waals surface area contributed by atoms with Gasteiger partial charge in [-0.15, -0.1) is 0 Å². The van der Waals surface area contributed by atoms with Gasteiger partial charge in [0.2, 0.25) is 0 Å². The average molecular weight is 252 g/mol. The molecule has 0 radical (unpaired) electrons. The Labute approximate surface area is 99.9 Å². The van der Waals surface area contributed by atoms with Crippen molar-refractivity contribution in [3.05, 3.63) is 45.7 Å². The minimum Gasteiger partial charge on any atom is -0.305 e. The third-order valence-corrected chi connectivity index (χ3v) is 1.99. The molecule has 0 aromatic carbocycles. The molecule has 0 fully saturated rings. The molecule has 0 bridgehead atoms. The van der Waals surface area contributed by atoms with E-state index in [-0.39, 0.29) is 22.2 Å². The average Bonchev–Trinajstić information content (AvgIpc) is 2.29. The molecular formula is C9H6ClN5O2. The van der Waals surface area contributed by atoms with E-state index in [1.165, 1.54) is 24.5 Å². The number of carbonyl (C=O) groups is 1. The Bertz CT molecular complexity index is 592. The number of hydrogen-bond acceptors (Lipinski definition) is 5. The fraction of sp³-hybridized carbons (Fsp3) is 0. The van der Waals surface area contributed by atoms with Gasteiger partial charge in [0.05, 0.1) is 0 Å². The first-order chi connectivity index (χ1) is 8.15. The number of nitrogens with one attached hydrogen (secondary N) is 2. The lowest BCUT2D eigenvalue weighted by molar-refractivity contribution is 0.102. The summed E-state index contributed by atoms with van der Waals surface area (Å²) in [7, 11) is 0. The van der Waals surface area contributed by atoms with Gasteiger partial charge in [-0.1, -0.05) is 11.6 Å². The maximum atomic E-state index is 11.6. The smallest absolute Gasteiger partial charge is 0.277 e. The van der Waals surface area contributed by atoms with Crippen LogP contribution in [0.5, 0.6) is 0 Å². The Kier molecular flexibility index (Phi) is 3.10. The molecular weight excluding hydrogens is 246 g/mol. The van der Waals surface area contributed by atoms with E-state index in [0.29, 0.717) is 0 Å². The molecule has 8 heteroatoms. The number of halogens is 1. The van der Waals surface area contributed by atoms with E-state index in [1.807, 2.05) is 0 Å². The number of hydrogen-bond donors (Lipinski definition) is 2. The lowest BCUT2D eigenvalue weighted by atomic mass is 10.3. The monoisotopic (exact) mass is 251 g/mol. The molecule has 0 saturated carbocycles. The molecule has 0 unspecified atom stereocenters. The highest BCUT2D eigenvalue weighted by atomic mass is 35.5. The second-order valence-corrected chi connectivity index (χ2v) is 3.37. The van der Waals surface area contributed by atoms with Crippen LogP contribution in [-0.4, -0.2) is 26.1 Å². The number of aromatic nitrogens is 4. The van der Waals surface area contributed by atoms with Crippen LogP contribution in [0.1, 0.15) is 10.5 Å². The molecule has 0 aliphatic rings. The zero-order valence-electron chi connectivity index (χ0n) is 8.35. The molecule has 1 amide bonds. The molecule has 2 heterocycles. The van der Waals surface area contributed by atoms with Crippen molar-refractivity contribution < 1.29 is 4.79 Å². The van der Waals surface area contributed by atoms with Crippen molar-refractivity contribution in [1.29, 1.82) is 0 Å². The first-order valence-corrected chi connectivity index (χ1v) is 4.87. The predicted molar refractivity (Wildman–Crippen MR) is 59.9 cm³/mol. The maximum Gasteiger partial charge on any atom is 0.277 e. The minimum absolute atomic E-state index is 0.0688. The SMILES string of the molecule is O=C(Nc1cc(Cl)ncn1)c1ccc(=O)[nH]n1. The largest absolute Gasteiger partial charge is 0.305 e. The Morgan fingerprint density at radius 1 is 1.35 bits per heavy atom. The van der Waals surface area contributed by atoms with Crippen molar-refractivity contribution in [2.45, 2.75) is 0 Å². The fourth-order valence-corrected chi connectivity index (χ4v) is 1.20. The van der Waals surface area contributed by atoms with Crippen molar-refractivity contribution in [2.75, 3.05) is 5.32 Å². The maximum absolute atomic E-state index is 11.6. The van der Waals surface area contributed by atoms with Crippen LogP contribution in [0.3, 0.4) is 0 Å². The lowest BCUT2D eigenvalue weighted by Gasteiger charge is -2.02. The minimum atomic E-state index is -0.504. The Morgan fingerprint density at radius 3 is 2.82 bits per heavy atom. The van der Waals surface area contributed by atoms with E-state index < -0.39 is 5.91 Å². The zero-order chi connectivity index (χ0) is 12.3. The summed E-state index contributed by atoms with van der Waals surface area (Å²) < 4.78 is 0. The molecule has 2 rings (SSSR count). The molecule has 0 aliphatic heterocycles. The lowest BCUT2D eigenvalue weighted by Crippen LogP contribution is -2.18. The third-order valence-electron chi connectivity index (χ3n) is 1.79. The van der Waals surface area contributed by atoms with Crippen LogP contribution in [0.2, 0.25) is 5.15 Å². The molecule has 0 atom stereocenters. The summed E-state index contributed by atoms with van der Waals surface area (Å²) in [5.41, 5.74) is -0.314. The van der Waals surface area contributed by atoms with E-state index in [4.69, 9.17) is 11.6 Å². The predicted octanol–water partition coefficient (Wildman–Crippen LogP) is 0.466. The number of H-pyrrole nitrogens is 1. The van der Waals surface area contributed by atoms with Crippen LogP contribution >= 0.6 is 11.6 Å². The van der Waals surface area contributed by atoms with Crippen LogP contribution in [0.25, 0.3) is 0 Å². The second-order valence-electron chi connectivity index (χ2n) is 2.99. The van der Waals surface area contributed by atoms with Gasteiger partial charge in [0, 0.05) is 12.1 Å². The highest BCUT2D eigenvalue weighted by Gasteiger charge is 2.08. The number of rotatable bonds is 2. The van der Waals surface area contributed by atoms with Crippen LogP contribution in [0.15, 0.2) is 29.3 Å². The van der Waals surface area contributed by atoms with Crippen LogP contribution in [0.4, 0.5) is 5.82 Å². The van der Waals surface area contributed by atoms with Crippen LogP contribution in [-0.2, 0) is 0 Å². The molecule has 0 aliphatic carbocycles. The summed E-state index contributed by atoms with van der Waals surface area (Å²) in [5, 5.41) is 8.40. The molecule has 7 nitrogen and oxygen atoms in total. The zero-order valence-corrected chi connectivity index (χ0v) is 9.10. The van der Waals surface area contributed by atoms with Gasteiger partial charge in [0.15, 0.2) is 0 Å². The molecule has 2 aromatic rings. The van der Waals surface area contributed by atoms with Crippen molar-refractivity contribution in [3.63, 3.8) is 0 Å². The Hall–Kier alpha value is -2.28. The van der Waals surface area contributed by atoms with Crippen molar-refractivity contribution >= 4 is 23.3 Å². The standard InChI is InChI=1S/C9H6ClN5O2/c10-6-3-7(12-4-11-6)13-9(17)5-1-2-8(16)15-14-5/h1-4H,(H,15,16)(H,11,12,13,17). The second kappa shape index (κ2) is 4.71. The quantitative estimate of drug-likeness (QED) is 0.756. The number of carbonyl (C=O) groups excluding carboxylic acids is 1. The first kappa shape index (κ1) is 11.2. The normalized spacial score (nSPS) is 9.94. The number of aromatic amines is 1. The van der Waals surface area contributed by atoms with Gasteiger partial charge in [-0.3, -0.25) is 9.59 Å². The summed E-state index contributed by atoms with van der Waals surface area (Å²) in [4.78, 5) is 29.9. The number of anilines is 1. The van der Waals surface area contributed by atoms with E-state index in [9.17, 15) is 9.59 Å². The summed E-state index contributed by atoms with van der Waals surface area (Å²) in [5.74, 6) is -0.251. The van der Waals surface area contributed by atoms with Gasteiger partial charge in [-0.2, -0.15) is 5.10 Å². The van der Waals surface area contributed by atoms with Crippen molar-refractivity contribution in [3.8, 4) is 0 Å². The molecule has 2 N–H and O–H groups in total. The van der Waals surface area contributed by atoms with Crippen LogP contribution < -0.4 is 10.9 Å². The van der Waals surface area contributed by atoms with Crippen molar-refractivity contribution in [1.82, 2.24) is 20.2 Å². The van der Waals surface area contributed by atoms with E-state index in [0.717, 1.165) is 0 Å². The molecule has 0 spiro atoms. The number of nitrogens with zero attached hydrogens (tertiary/aromatic N) is 3. The van der Waals surface area contributed by atoms with E-state index in [1.54, 1.807) is 0 Å². The number of amides is 1. The van der Waals surface area contributed by atoms with E-state index >= 15 is 0 Å².